The fraction of sp³-hybridized carbons (Fsp3) is 0.0476. The molecule has 230 valence electrons. The summed E-state index contributed by atoms with van der Waals surface area (Å²) in [5.41, 5.74) is 0. The van der Waals surface area contributed by atoms with Crippen molar-refractivity contribution in [2.75, 3.05) is 0 Å². The first-order valence-corrected chi connectivity index (χ1v) is 20.7. The van der Waals surface area contributed by atoms with Crippen LogP contribution in [-0.4, -0.2) is 0 Å². The third-order valence-electron chi connectivity index (χ3n) is 9.02. The van der Waals surface area contributed by atoms with Crippen LogP contribution < -0.4 is 0 Å². The second-order valence-electron chi connectivity index (χ2n) is 12.2. The molecule has 0 amide bonds. The van der Waals surface area contributed by atoms with Crippen LogP contribution in [0.5, 0.6) is 0 Å². The predicted octanol–water partition coefficient (Wildman–Crippen LogP) is 15.6. The van der Waals surface area contributed by atoms with E-state index in [4.69, 9.17) is 0 Å². The lowest BCUT2D eigenvalue weighted by molar-refractivity contribution is 1.64. The van der Waals surface area contributed by atoms with Gasteiger partial charge in [0.25, 0.3) is 0 Å². The van der Waals surface area contributed by atoms with E-state index in [-0.39, 0.29) is 0 Å². The minimum atomic E-state index is 1.28. The molecule has 0 fully saturated rings. The van der Waals surface area contributed by atoms with E-state index in [1.165, 1.54) is 101 Å². The number of thiophene rings is 6. The number of fused-ring (bicyclic) bond motifs is 9. The second kappa shape index (κ2) is 11.3. The summed E-state index contributed by atoms with van der Waals surface area (Å²) in [6.07, 6.45) is 4.51. The zero-order valence-electron chi connectivity index (χ0n) is 26.0. The topological polar surface area (TPSA) is 0 Å². The Morgan fingerprint density at radius 3 is 1.42 bits per heavy atom. The van der Waals surface area contributed by atoms with E-state index >= 15 is 0 Å². The lowest BCUT2D eigenvalue weighted by Gasteiger charge is -2.09. The maximum Gasteiger partial charge on any atom is 0.0455 e. The maximum absolute atomic E-state index is 2.38. The predicted molar refractivity (Wildman–Crippen MR) is 222 cm³/mol. The van der Waals surface area contributed by atoms with Crippen LogP contribution in [0.4, 0.5) is 0 Å². The van der Waals surface area contributed by atoms with Crippen molar-refractivity contribution in [3.8, 4) is 29.3 Å². The highest BCUT2D eigenvalue weighted by Gasteiger charge is 2.14. The summed E-state index contributed by atoms with van der Waals surface area (Å²) in [4.78, 5) is 13.3. The van der Waals surface area contributed by atoms with E-state index in [0.29, 0.717) is 0 Å². The van der Waals surface area contributed by atoms with E-state index in [1.807, 2.05) is 68.0 Å². The number of hydrogen-bond acceptors (Lipinski definition) is 6. The smallest absolute Gasteiger partial charge is 0.0455 e. The third kappa shape index (κ3) is 4.85. The Balaban J connectivity index is 0.951. The molecule has 0 N–H and O–H groups in total. The van der Waals surface area contributed by atoms with Crippen molar-refractivity contribution in [2.24, 2.45) is 0 Å². The molecule has 6 heteroatoms. The Kier molecular flexibility index (Phi) is 6.87. The highest BCUT2D eigenvalue weighted by Crippen LogP contribution is 2.45. The normalized spacial score (nSPS) is 12.3. The summed E-state index contributed by atoms with van der Waals surface area (Å²) in [5.74, 6) is 0. The first kappa shape index (κ1) is 29.1. The molecule has 0 saturated heterocycles. The van der Waals surface area contributed by atoms with Gasteiger partial charge in [-0.2, -0.15) is 0 Å². The SMILES string of the molecule is Cc1ccc(-c2ccc(/C=C/c3ccc(-c4ccc(-c5cc6ccc7c8ccc9c(ccc%10cc(C)sc%109)c8ccc7c6s5)s4)s3)s2)s1. The largest absolute Gasteiger partial charge is 0.140 e. The van der Waals surface area contributed by atoms with Gasteiger partial charge in [0.2, 0.25) is 0 Å². The van der Waals surface area contributed by atoms with E-state index in [9.17, 15) is 0 Å². The van der Waals surface area contributed by atoms with Crippen molar-refractivity contribution in [1.29, 1.82) is 0 Å². The molecule has 0 aliphatic rings. The minimum absolute atomic E-state index is 1.28. The summed E-state index contributed by atoms with van der Waals surface area (Å²) in [6.45, 7) is 4.37. The van der Waals surface area contributed by atoms with E-state index in [2.05, 4.69) is 135 Å². The molecule has 0 aliphatic heterocycles. The van der Waals surface area contributed by atoms with E-state index in [1.54, 1.807) is 0 Å². The first-order chi connectivity index (χ1) is 23.5. The monoisotopic (exact) mass is 722 g/mol. The molecule has 0 saturated carbocycles. The zero-order chi connectivity index (χ0) is 31.9. The van der Waals surface area contributed by atoms with Gasteiger partial charge in [-0.1, -0.05) is 48.5 Å². The average molecular weight is 723 g/mol. The Labute approximate surface area is 302 Å². The van der Waals surface area contributed by atoms with Gasteiger partial charge >= 0.3 is 0 Å². The van der Waals surface area contributed by atoms with Gasteiger partial charge in [0.05, 0.1) is 0 Å². The summed E-state index contributed by atoms with van der Waals surface area (Å²) in [7, 11) is 0. The molecular weight excluding hydrogens is 697 g/mol. The van der Waals surface area contributed by atoms with Crippen LogP contribution >= 0.6 is 68.0 Å². The van der Waals surface area contributed by atoms with Gasteiger partial charge in [-0.3, -0.25) is 0 Å². The van der Waals surface area contributed by atoms with Crippen LogP contribution in [0.1, 0.15) is 19.5 Å². The van der Waals surface area contributed by atoms with Crippen molar-refractivity contribution in [3.63, 3.8) is 0 Å². The number of hydrogen-bond donors (Lipinski definition) is 0. The third-order valence-corrected chi connectivity index (χ3v) is 16.1. The first-order valence-electron chi connectivity index (χ1n) is 15.8. The summed E-state index contributed by atoms with van der Waals surface area (Å²) >= 11 is 11.3. The Bertz CT molecular complexity index is 2870. The van der Waals surface area contributed by atoms with Gasteiger partial charge in [0.1, 0.15) is 0 Å². The van der Waals surface area contributed by atoms with Crippen LogP contribution in [0.2, 0.25) is 0 Å². The minimum Gasteiger partial charge on any atom is -0.140 e. The van der Waals surface area contributed by atoms with E-state index < -0.39 is 0 Å². The fourth-order valence-electron chi connectivity index (χ4n) is 6.77. The molecule has 0 unspecified atom stereocenters. The quantitative estimate of drug-likeness (QED) is 0.155. The molecule has 0 spiro atoms. The van der Waals surface area contributed by atoms with Crippen molar-refractivity contribution in [3.05, 3.63) is 129 Å². The fourth-order valence-corrected chi connectivity index (χ4v) is 13.0. The van der Waals surface area contributed by atoms with Crippen LogP contribution in [0.15, 0.2) is 109 Å². The number of aryl methyl sites for hydroxylation is 2. The van der Waals surface area contributed by atoms with Crippen molar-refractivity contribution >= 4 is 133 Å². The lowest BCUT2D eigenvalue weighted by Crippen LogP contribution is -1.81. The highest BCUT2D eigenvalue weighted by molar-refractivity contribution is 7.29. The van der Waals surface area contributed by atoms with Crippen LogP contribution in [0, 0.1) is 13.8 Å². The average Bonchev–Trinajstić information content (AvgIpc) is 3.94. The molecule has 6 aromatic heterocycles. The van der Waals surface area contributed by atoms with Crippen molar-refractivity contribution in [1.82, 2.24) is 0 Å². The van der Waals surface area contributed by atoms with Crippen LogP contribution in [0.3, 0.4) is 0 Å². The Hall–Kier alpha value is -3.88. The van der Waals surface area contributed by atoms with Gasteiger partial charge in [0.15, 0.2) is 0 Å². The van der Waals surface area contributed by atoms with Gasteiger partial charge in [-0.05, 0) is 119 Å². The maximum atomic E-state index is 2.38. The van der Waals surface area contributed by atoms with E-state index in [0.717, 1.165) is 0 Å². The van der Waals surface area contributed by atoms with Crippen LogP contribution in [-0.2, 0) is 0 Å². The second-order valence-corrected chi connectivity index (χ2v) is 19.1. The van der Waals surface area contributed by atoms with Gasteiger partial charge < -0.3 is 0 Å². The molecule has 4 aromatic carbocycles. The molecule has 48 heavy (non-hydrogen) atoms. The van der Waals surface area contributed by atoms with Gasteiger partial charge in [-0.25, -0.2) is 0 Å². The summed E-state index contributed by atoms with van der Waals surface area (Å²) < 4.78 is 2.77. The highest BCUT2D eigenvalue weighted by atomic mass is 32.1. The number of benzene rings is 4. The Morgan fingerprint density at radius 1 is 0.333 bits per heavy atom. The molecule has 0 nitrogen and oxygen atoms in total. The van der Waals surface area contributed by atoms with Gasteiger partial charge in [-0.15, -0.1) is 68.0 Å². The van der Waals surface area contributed by atoms with Crippen molar-refractivity contribution < 1.29 is 0 Å². The molecule has 0 aliphatic carbocycles. The summed E-state index contributed by atoms with van der Waals surface area (Å²) in [6, 6.07) is 41.3. The van der Waals surface area contributed by atoms with Crippen molar-refractivity contribution in [2.45, 2.75) is 13.8 Å². The zero-order valence-corrected chi connectivity index (χ0v) is 30.9. The standard InChI is InChI=1S/C42H26S6/c1-23-3-16-35(43-23)36-17-8-27(45-36)6-7-28-9-18-37(46-28)38-19-20-39(47-38)40-22-26-5-11-32-30-12-14-33-31(10-4-25-21-24(2)44-41(25)33)29(30)13-15-34(32)42(26)48-40/h3-22H,1-2H3/b7-6+. The summed E-state index contributed by atoms with van der Waals surface area (Å²) in [5, 5.41) is 10.7. The molecule has 0 bridgehead atoms. The number of rotatable bonds is 5. The molecule has 0 radical (unpaired) electrons. The molecule has 10 rings (SSSR count). The van der Waals surface area contributed by atoms with Gasteiger partial charge in [0, 0.05) is 68.9 Å². The lowest BCUT2D eigenvalue weighted by atomic mass is 9.96. The van der Waals surface area contributed by atoms with Crippen LogP contribution in [0.25, 0.3) is 93.9 Å². The molecule has 0 atom stereocenters. The molecule has 6 heterocycles. The molecular formula is C42H26S6. The molecule has 10 aromatic rings. The Morgan fingerprint density at radius 2 is 0.792 bits per heavy atom.